The summed E-state index contributed by atoms with van der Waals surface area (Å²) in [6.45, 7) is 3.80. The van der Waals surface area contributed by atoms with E-state index in [1.165, 1.54) is 12.1 Å². The number of fused-ring (bicyclic) bond motifs is 1. The molecule has 4 N–H and O–H groups in total. The number of nitrogen functional groups attached to an aromatic ring is 2. The molecule has 7 nitrogen and oxygen atoms in total. The zero-order chi connectivity index (χ0) is 23.7. The number of ether oxygens (including phenoxy) is 1. The van der Waals surface area contributed by atoms with Crippen molar-refractivity contribution < 1.29 is 9.13 Å². The molecule has 0 fully saturated rings. The van der Waals surface area contributed by atoms with Crippen molar-refractivity contribution in [2.75, 3.05) is 29.5 Å². The maximum Gasteiger partial charge on any atom is 0.146 e. The average Bonchev–Trinajstić information content (AvgIpc) is 3.05. The van der Waals surface area contributed by atoms with Gasteiger partial charge in [0, 0.05) is 41.5 Å². The number of rotatable bonds is 4. The van der Waals surface area contributed by atoms with E-state index in [1.807, 2.05) is 25.1 Å². The lowest BCUT2D eigenvalue weighted by molar-refractivity contribution is 0.331. The predicted molar refractivity (Wildman–Crippen MR) is 131 cm³/mol. The van der Waals surface area contributed by atoms with Crippen molar-refractivity contribution in [3.63, 3.8) is 0 Å². The van der Waals surface area contributed by atoms with Gasteiger partial charge in [-0.25, -0.2) is 19.3 Å². The number of benzene rings is 2. The van der Waals surface area contributed by atoms with E-state index in [0.717, 1.165) is 45.1 Å². The van der Waals surface area contributed by atoms with Crippen LogP contribution in [0.4, 0.5) is 21.7 Å². The Morgan fingerprint density at radius 3 is 2.62 bits per heavy atom. The Labute approximate surface area is 197 Å². The molecule has 0 saturated carbocycles. The molecule has 3 heterocycles. The lowest BCUT2D eigenvalue weighted by atomic mass is 10.0. The Morgan fingerprint density at radius 1 is 1.00 bits per heavy atom. The van der Waals surface area contributed by atoms with Gasteiger partial charge >= 0.3 is 0 Å². The summed E-state index contributed by atoms with van der Waals surface area (Å²) in [5, 5.41) is 0. The normalized spacial score (nSPS) is 13.2. The molecule has 172 valence electrons. The van der Waals surface area contributed by atoms with Gasteiger partial charge in [-0.05, 0) is 48.4 Å². The van der Waals surface area contributed by atoms with Crippen LogP contribution in [-0.4, -0.2) is 28.1 Å². The summed E-state index contributed by atoms with van der Waals surface area (Å²) in [5.41, 5.74) is 18.0. The molecule has 0 radical (unpaired) electrons. The molecule has 0 atom stereocenters. The van der Waals surface area contributed by atoms with Gasteiger partial charge in [0.1, 0.15) is 36.1 Å². The first-order chi connectivity index (χ1) is 16.5. The quantitative estimate of drug-likeness (QED) is 0.476. The minimum Gasteiger partial charge on any atom is -0.491 e. The van der Waals surface area contributed by atoms with Crippen molar-refractivity contribution >= 4 is 17.3 Å². The van der Waals surface area contributed by atoms with Crippen LogP contribution in [0.1, 0.15) is 22.4 Å². The molecule has 5 rings (SSSR count). The van der Waals surface area contributed by atoms with E-state index in [-0.39, 0.29) is 5.82 Å². The molecule has 0 spiro atoms. The van der Waals surface area contributed by atoms with Crippen LogP contribution in [0, 0.1) is 12.7 Å². The fourth-order valence-corrected chi connectivity index (χ4v) is 4.18. The van der Waals surface area contributed by atoms with Gasteiger partial charge in [-0.1, -0.05) is 18.2 Å². The van der Waals surface area contributed by atoms with Gasteiger partial charge in [0.25, 0.3) is 0 Å². The number of hydrogen-bond acceptors (Lipinski definition) is 7. The predicted octanol–water partition coefficient (Wildman–Crippen LogP) is 4.14. The summed E-state index contributed by atoms with van der Waals surface area (Å²) in [5.74, 6) is 1.77. The van der Waals surface area contributed by atoms with Crippen molar-refractivity contribution in [2.24, 2.45) is 0 Å². The molecular weight excluding hydrogens is 431 g/mol. The molecule has 1 aliphatic heterocycles. The highest BCUT2D eigenvalue weighted by atomic mass is 19.1. The van der Waals surface area contributed by atoms with Gasteiger partial charge in [-0.2, -0.15) is 0 Å². The summed E-state index contributed by atoms with van der Waals surface area (Å²) >= 11 is 0. The monoisotopic (exact) mass is 456 g/mol. The van der Waals surface area contributed by atoms with Crippen LogP contribution in [0.25, 0.3) is 11.1 Å². The number of pyridine rings is 1. The van der Waals surface area contributed by atoms with Crippen LogP contribution in [0.3, 0.4) is 0 Å². The topological polar surface area (TPSA) is 103 Å². The SMILES string of the molecule is Cc1ncnc(N2CCOc3ccc(-c4cnc(N)c(N)c4)cc3C2)c1Cc1ccc(F)cc1. The highest BCUT2D eigenvalue weighted by Crippen LogP contribution is 2.33. The maximum atomic E-state index is 13.4. The second kappa shape index (κ2) is 8.97. The van der Waals surface area contributed by atoms with Crippen LogP contribution in [-0.2, 0) is 13.0 Å². The molecule has 0 saturated heterocycles. The van der Waals surface area contributed by atoms with Gasteiger partial charge in [0.15, 0.2) is 0 Å². The molecule has 0 bridgehead atoms. The first-order valence-corrected chi connectivity index (χ1v) is 11.0. The fraction of sp³-hybridized carbons (Fsp3) is 0.192. The highest BCUT2D eigenvalue weighted by molar-refractivity contribution is 5.72. The van der Waals surface area contributed by atoms with Gasteiger partial charge in [-0.15, -0.1) is 0 Å². The summed E-state index contributed by atoms with van der Waals surface area (Å²) < 4.78 is 19.4. The van der Waals surface area contributed by atoms with Gasteiger partial charge in [0.2, 0.25) is 0 Å². The van der Waals surface area contributed by atoms with Crippen molar-refractivity contribution in [3.8, 4) is 16.9 Å². The summed E-state index contributed by atoms with van der Waals surface area (Å²) in [4.78, 5) is 15.4. The maximum absolute atomic E-state index is 13.4. The number of nitrogens with zero attached hydrogens (tertiary/aromatic N) is 4. The van der Waals surface area contributed by atoms with Crippen LogP contribution in [0.5, 0.6) is 5.75 Å². The minimum atomic E-state index is -0.250. The Bertz CT molecular complexity index is 1340. The number of nitrogens with two attached hydrogens (primary N) is 2. The lowest BCUT2D eigenvalue weighted by Gasteiger charge is -2.24. The lowest BCUT2D eigenvalue weighted by Crippen LogP contribution is -2.28. The Kier molecular flexibility index (Phi) is 5.71. The fourth-order valence-electron chi connectivity index (χ4n) is 4.18. The zero-order valence-electron chi connectivity index (χ0n) is 18.8. The summed E-state index contributed by atoms with van der Waals surface area (Å²) in [6, 6.07) is 14.4. The van der Waals surface area contributed by atoms with Gasteiger partial charge in [0.05, 0.1) is 12.2 Å². The summed E-state index contributed by atoms with van der Waals surface area (Å²) in [6.07, 6.45) is 3.92. The van der Waals surface area contributed by atoms with Crippen molar-refractivity contribution in [3.05, 3.63) is 89.3 Å². The molecule has 1 aliphatic rings. The number of anilines is 3. The van der Waals surface area contributed by atoms with E-state index in [9.17, 15) is 4.39 Å². The number of aryl methyl sites for hydroxylation is 1. The van der Waals surface area contributed by atoms with Crippen LogP contribution >= 0.6 is 0 Å². The largest absolute Gasteiger partial charge is 0.491 e. The molecule has 0 aliphatic carbocycles. The van der Waals surface area contributed by atoms with Gasteiger partial charge < -0.3 is 21.1 Å². The third-order valence-electron chi connectivity index (χ3n) is 6.06. The molecule has 0 amide bonds. The second-order valence-electron chi connectivity index (χ2n) is 8.36. The standard InChI is InChI=1S/C26H25FN6O/c1-16-22(10-17-2-5-21(27)6-3-17)26(32-15-31-16)33-8-9-34-24-7-4-18(11-20(24)14-33)19-12-23(28)25(29)30-13-19/h2-7,11-13,15H,8-10,14,28H2,1H3,(H2,29,30). The van der Waals surface area contributed by atoms with Crippen LogP contribution < -0.4 is 21.1 Å². The number of halogens is 1. The first kappa shape index (κ1) is 21.6. The molecule has 2 aromatic heterocycles. The van der Waals surface area contributed by atoms with E-state index in [2.05, 4.69) is 25.9 Å². The third-order valence-corrected chi connectivity index (χ3v) is 6.06. The van der Waals surface area contributed by atoms with E-state index < -0.39 is 0 Å². The van der Waals surface area contributed by atoms with Crippen molar-refractivity contribution in [2.45, 2.75) is 19.9 Å². The summed E-state index contributed by atoms with van der Waals surface area (Å²) in [7, 11) is 0. The second-order valence-corrected chi connectivity index (χ2v) is 8.36. The Morgan fingerprint density at radius 2 is 1.82 bits per heavy atom. The van der Waals surface area contributed by atoms with E-state index in [0.29, 0.717) is 37.6 Å². The smallest absolute Gasteiger partial charge is 0.146 e. The molecule has 8 heteroatoms. The van der Waals surface area contributed by atoms with Crippen LogP contribution in [0.15, 0.2) is 61.1 Å². The number of hydrogen-bond donors (Lipinski definition) is 2. The van der Waals surface area contributed by atoms with E-state index in [1.54, 1.807) is 24.7 Å². The average molecular weight is 457 g/mol. The minimum absolute atomic E-state index is 0.250. The van der Waals surface area contributed by atoms with Crippen LogP contribution in [0.2, 0.25) is 0 Å². The zero-order valence-corrected chi connectivity index (χ0v) is 18.8. The van der Waals surface area contributed by atoms with Crippen molar-refractivity contribution in [1.29, 1.82) is 0 Å². The number of aromatic nitrogens is 3. The molecule has 34 heavy (non-hydrogen) atoms. The first-order valence-electron chi connectivity index (χ1n) is 11.0. The third kappa shape index (κ3) is 4.34. The Hall–Kier alpha value is -4.20. The van der Waals surface area contributed by atoms with E-state index in [4.69, 9.17) is 16.2 Å². The molecule has 4 aromatic rings. The molecular formula is C26H25FN6O. The van der Waals surface area contributed by atoms with E-state index >= 15 is 0 Å². The Balaban J connectivity index is 1.48. The van der Waals surface area contributed by atoms with Crippen molar-refractivity contribution in [1.82, 2.24) is 15.0 Å². The van der Waals surface area contributed by atoms with Gasteiger partial charge in [-0.3, -0.25) is 0 Å². The molecule has 0 unspecified atom stereocenters. The molecule has 2 aromatic carbocycles. The highest BCUT2D eigenvalue weighted by Gasteiger charge is 2.21.